The van der Waals surface area contributed by atoms with Crippen LogP contribution in [0.3, 0.4) is 0 Å². The van der Waals surface area contributed by atoms with Crippen molar-refractivity contribution in [1.29, 1.82) is 5.26 Å². The maximum Gasteiger partial charge on any atom is 0.223 e. The van der Waals surface area contributed by atoms with E-state index in [9.17, 15) is 10.1 Å². The number of carbonyl (C=O) groups is 1. The summed E-state index contributed by atoms with van der Waals surface area (Å²) in [5.41, 5.74) is 5.58. The number of aromatic nitrogens is 4. The van der Waals surface area contributed by atoms with Crippen LogP contribution in [0.25, 0.3) is 10.9 Å². The van der Waals surface area contributed by atoms with Crippen molar-refractivity contribution in [3.63, 3.8) is 0 Å². The third-order valence-electron chi connectivity index (χ3n) is 7.04. The highest BCUT2D eigenvalue weighted by Crippen LogP contribution is 2.37. The van der Waals surface area contributed by atoms with Crippen molar-refractivity contribution in [3.05, 3.63) is 113 Å². The number of benzene rings is 2. The fourth-order valence-electron chi connectivity index (χ4n) is 4.51. The van der Waals surface area contributed by atoms with Crippen molar-refractivity contribution in [2.24, 2.45) is 0 Å². The van der Waals surface area contributed by atoms with Gasteiger partial charge in [-0.25, -0.2) is 0 Å². The van der Waals surface area contributed by atoms with E-state index in [0.717, 1.165) is 17.7 Å². The van der Waals surface area contributed by atoms with E-state index in [2.05, 4.69) is 62.7 Å². The van der Waals surface area contributed by atoms with Gasteiger partial charge in [0.1, 0.15) is 11.8 Å². The molecule has 0 radical (unpaired) electrons. The summed E-state index contributed by atoms with van der Waals surface area (Å²) in [5, 5.41) is 29.0. The predicted octanol–water partition coefficient (Wildman–Crippen LogP) is 7.09. The summed E-state index contributed by atoms with van der Waals surface area (Å²) < 4.78 is 0. The zero-order chi connectivity index (χ0) is 30.2. The van der Waals surface area contributed by atoms with Crippen LogP contribution >= 0.6 is 11.6 Å². The minimum absolute atomic E-state index is 0.0226. The van der Waals surface area contributed by atoms with Crippen LogP contribution in [0.5, 0.6) is 0 Å². The summed E-state index contributed by atoms with van der Waals surface area (Å²) in [4.78, 5) is 17.7. The molecule has 0 aliphatic rings. The van der Waals surface area contributed by atoms with Crippen LogP contribution in [0, 0.1) is 11.3 Å². The number of nitriles is 1. The largest absolute Gasteiger partial charge is 0.377 e. The summed E-state index contributed by atoms with van der Waals surface area (Å²) in [5.74, 6) is -0.0526. The van der Waals surface area contributed by atoms with E-state index >= 15 is 0 Å². The number of carbonyl (C=O) groups excluding carboxylic acids is 1. The number of H-pyrrole nitrogens is 1. The fourth-order valence-corrected chi connectivity index (χ4v) is 4.77. The number of nitrogens with zero attached hydrogens (tertiary/aromatic N) is 5. The SMILES string of the molecule is C=C(/C=C\C=C(/C)N(C)C(C)=O)[C@H](Nc1cc(Cl)c2ncc(C#N)c(N[C@H](CC)c3ccccc3)c2c1)c1c[nH]nn1. The number of pyridine rings is 1. The van der Waals surface area contributed by atoms with Gasteiger partial charge in [-0.05, 0) is 42.7 Å². The van der Waals surface area contributed by atoms with Crippen molar-refractivity contribution in [3.8, 4) is 6.07 Å². The topological polar surface area (TPSA) is 123 Å². The Kier molecular flexibility index (Phi) is 9.73. The molecule has 3 N–H and O–H groups in total. The first-order valence-corrected chi connectivity index (χ1v) is 13.9. The maximum atomic E-state index is 11.7. The lowest BCUT2D eigenvalue weighted by Crippen LogP contribution is -2.21. The van der Waals surface area contributed by atoms with Crippen molar-refractivity contribution in [2.75, 3.05) is 17.7 Å². The average molecular weight is 581 g/mol. The molecule has 0 spiro atoms. The van der Waals surface area contributed by atoms with E-state index in [-0.39, 0.29) is 11.9 Å². The van der Waals surface area contributed by atoms with Gasteiger partial charge >= 0.3 is 0 Å². The fraction of sp³-hybridized carbons (Fsp3) is 0.219. The van der Waals surface area contributed by atoms with Gasteiger partial charge in [-0.15, -0.1) is 5.10 Å². The van der Waals surface area contributed by atoms with E-state index in [1.165, 1.54) is 6.92 Å². The molecule has 214 valence electrons. The Balaban J connectivity index is 1.72. The summed E-state index contributed by atoms with van der Waals surface area (Å²) in [7, 11) is 1.72. The Labute approximate surface area is 250 Å². The molecule has 2 aromatic carbocycles. The van der Waals surface area contributed by atoms with Gasteiger partial charge in [0.25, 0.3) is 0 Å². The zero-order valence-corrected chi connectivity index (χ0v) is 24.8. The predicted molar refractivity (Wildman–Crippen MR) is 168 cm³/mol. The van der Waals surface area contributed by atoms with Gasteiger partial charge in [0, 0.05) is 43.1 Å². The molecule has 1 amide bonds. The second-order valence-electron chi connectivity index (χ2n) is 9.82. The van der Waals surface area contributed by atoms with Crippen molar-refractivity contribution in [2.45, 2.75) is 39.3 Å². The molecule has 4 aromatic rings. The van der Waals surface area contributed by atoms with Crippen LogP contribution < -0.4 is 10.6 Å². The lowest BCUT2D eigenvalue weighted by atomic mass is 10.0. The van der Waals surface area contributed by atoms with Gasteiger partial charge in [0.15, 0.2) is 0 Å². The number of hydrogen-bond acceptors (Lipinski definition) is 7. The minimum Gasteiger partial charge on any atom is -0.377 e. The second kappa shape index (κ2) is 13.6. The molecule has 0 saturated carbocycles. The summed E-state index contributed by atoms with van der Waals surface area (Å²) in [6.45, 7) is 9.72. The van der Waals surface area contributed by atoms with Crippen molar-refractivity contribution >= 4 is 39.8 Å². The first-order valence-electron chi connectivity index (χ1n) is 13.5. The van der Waals surface area contributed by atoms with Crippen LogP contribution in [-0.4, -0.2) is 38.2 Å². The van der Waals surface area contributed by atoms with Crippen LogP contribution in [-0.2, 0) is 4.79 Å². The highest BCUT2D eigenvalue weighted by Gasteiger charge is 2.20. The molecule has 2 heterocycles. The normalized spacial score (nSPS) is 13.0. The third kappa shape index (κ3) is 6.85. The Bertz CT molecular complexity index is 1670. The van der Waals surface area contributed by atoms with E-state index in [4.69, 9.17) is 11.6 Å². The number of aromatic amines is 1. The molecular formula is C32H33ClN8O. The number of nitrogens with one attached hydrogen (secondary N) is 3. The van der Waals surface area contributed by atoms with Gasteiger partial charge in [0.2, 0.25) is 5.91 Å². The number of amides is 1. The van der Waals surface area contributed by atoms with E-state index < -0.39 is 6.04 Å². The number of allylic oxidation sites excluding steroid dienone is 3. The Hall–Kier alpha value is -4.94. The van der Waals surface area contributed by atoms with E-state index in [1.54, 1.807) is 30.4 Å². The van der Waals surface area contributed by atoms with Crippen molar-refractivity contribution < 1.29 is 4.79 Å². The Morgan fingerprint density at radius 1 is 1.24 bits per heavy atom. The van der Waals surface area contributed by atoms with Crippen LogP contribution in [0.2, 0.25) is 5.02 Å². The molecular weight excluding hydrogens is 548 g/mol. The summed E-state index contributed by atoms with van der Waals surface area (Å²) in [6.07, 6.45) is 9.56. The van der Waals surface area contributed by atoms with Crippen LogP contribution in [0.4, 0.5) is 11.4 Å². The number of anilines is 2. The summed E-state index contributed by atoms with van der Waals surface area (Å²) in [6, 6.07) is 15.6. The van der Waals surface area contributed by atoms with E-state index in [0.29, 0.717) is 44.1 Å². The molecule has 2 aromatic heterocycles. The minimum atomic E-state index is -0.455. The molecule has 0 aliphatic carbocycles. The van der Waals surface area contributed by atoms with Gasteiger partial charge in [-0.2, -0.15) is 5.26 Å². The highest BCUT2D eigenvalue weighted by atomic mass is 35.5. The molecule has 42 heavy (non-hydrogen) atoms. The molecule has 9 nitrogen and oxygen atoms in total. The second-order valence-corrected chi connectivity index (χ2v) is 10.2. The molecule has 0 fully saturated rings. The molecule has 0 aliphatic heterocycles. The standard InChI is InChI=1S/C32H33ClN8O/c1-6-28(23-13-8-7-9-14-23)38-31-24(17-34)18-35-32-26(31)15-25(16-27(32)33)37-30(29-19-36-40-39-29)20(2)11-10-12-21(3)41(5)22(4)42/h7-16,18-19,28,30,37H,2,6H2,1,3-5H3,(H,35,38)(H,36,39,40)/b11-10-,21-12+/t28-,30+/m1/s1. The molecule has 0 bridgehead atoms. The molecule has 2 atom stereocenters. The third-order valence-corrected chi connectivity index (χ3v) is 7.32. The first-order chi connectivity index (χ1) is 20.2. The number of halogens is 1. The van der Waals surface area contributed by atoms with Gasteiger partial charge in [0.05, 0.1) is 33.9 Å². The smallest absolute Gasteiger partial charge is 0.223 e. The highest BCUT2D eigenvalue weighted by molar-refractivity contribution is 6.35. The zero-order valence-electron chi connectivity index (χ0n) is 24.0. The molecule has 0 unspecified atom stereocenters. The lowest BCUT2D eigenvalue weighted by Gasteiger charge is -2.22. The van der Waals surface area contributed by atoms with Crippen molar-refractivity contribution in [1.82, 2.24) is 25.3 Å². The van der Waals surface area contributed by atoms with Gasteiger partial charge in [-0.3, -0.25) is 14.9 Å². The van der Waals surface area contributed by atoms with Crippen LogP contribution in [0.1, 0.15) is 56.1 Å². The molecule has 4 rings (SSSR count). The maximum absolute atomic E-state index is 11.7. The number of rotatable bonds is 11. The van der Waals surface area contributed by atoms with Gasteiger partial charge < -0.3 is 15.5 Å². The summed E-state index contributed by atoms with van der Waals surface area (Å²) >= 11 is 6.75. The number of hydrogen-bond donors (Lipinski definition) is 3. The monoisotopic (exact) mass is 580 g/mol. The number of fused-ring (bicyclic) bond motifs is 1. The van der Waals surface area contributed by atoms with Gasteiger partial charge in [-0.1, -0.05) is 72.8 Å². The Morgan fingerprint density at radius 2 is 2.00 bits per heavy atom. The lowest BCUT2D eigenvalue weighted by molar-refractivity contribution is -0.125. The van der Waals surface area contributed by atoms with Crippen LogP contribution in [0.15, 0.2) is 90.9 Å². The molecule has 0 saturated heterocycles. The first kappa shape index (κ1) is 30.0. The Morgan fingerprint density at radius 3 is 2.64 bits per heavy atom. The average Bonchev–Trinajstić information content (AvgIpc) is 3.53. The molecule has 10 heteroatoms. The quantitative estimate of drug-likeness (QED) is 0.162. The van der Waals surface area contributed by atoms with E-state index in [1.807, 2.05) is 49.4 Å².